The zero-order chi connectivity index (χ0) is 59.7. The standard InChI is InChI=1S/C55H74N14O12S/c56-46(70)32-65-21-22-66(33-47(57)71)25-26-68(35-49(59)73)41(30-67(24-23-65)34-48(58)72)27-36-10-14-40(15-11-36)62-50(82)29-60-28-37-8-12-39(13-9-37)52(76)69(31-45-42-6-2-1-5-38(42)18-19-61-45)20-4-3-7-43(53(77)78)63-55(81)64-44(54(79)80)16-17-51(74)75/h1-2,5-6,8-15,18-19,41,43-44,60H,3-4,7,16-17,20-35H2,(H2,56,70)(H2,57,71)(H2,58,72)(H2,59,73)(H,62,82)(H,74,75)(H,77,78)(H,79,80)(H2,63,64,81)/t41?,43-,44-/m1/s1. The fourth-order valence-corrected chi connectivity index (χ4v) is 9.69. The summed E-state index contributed by atoms with van der Waals surface area (Å²) < 4.78 is 0. The number of nitrogens with one attached hydrogen (secondary N) is 4. The van der Waals surface area contributed by atoms with Gasteiger partial charge in [0.25, 0.3) is 5.91 Å². The third kappa shape index (κ3) is 22.7. The molecule has 15 N–H and O–H groups in total. The number of benzene rings is 3. The van der Waals surface area contributed by atoms with Crippen LogP contribution in [0.1, 0.15) is 59.3 Å². The van der Waals surface area contributed by atoms with Crippen LogP contribution in [0.2, 0.25) is 0 Å². The fourth-order valence-electron chi connectivity index (χ4n) is 9.47. The summed E-state index contributed by atoms with van der Waals surface area (Å²) in [4.78, 5) is 124. The van der Waals surface area contributed by atoms with E-state index in [1.54, 1.807) is 23.2 Å². The van der Waals surface area contributed by atoms with E-state index in [1.807, 2.05) is 86.3 Å². The smallest absolute Gasteiger partial charge is 0.326 e. The lowest BCUT2D eigenvalue weighted by atomic mass is 10.0. The van der Waals surface area contributed by atoms with Crippen LogP contribution in [-0.4, -0.2) is 206 Å². The summed E-state index contributed by atoms with van der Waals surface area (Å²) in [5.74, 6) is -6.52. The lowest BCUT2D eigenvalue weighted by Crippen LogP contribution is -2.54. The van der Waals surface area contributed by atoms with E-state index in [2.05, 4.69) is 26.3 Å². The zero-order valence-corrected chi connectivity index (χ0v) is 46.4. The van der Waals surface area contributed by atoms with Gasteiger partial charge in [0, 0.05) is 101 Å². The number of nitrogens with two attached hydrogens (primary N) is 4. The average molecular weight is 1160 g/mol. The largest absolute Gasteiger partial charge is 0.481 e. The molecule has 27 heteroatoms. The molecule has 3 aromatic carbocycles. The van der Waals surface area contributed by atoms with Crippen molar-refractivity contribution < 1.29 is 58.5 Å². The number of pyridine rings is 1. The molecule has 0 aliphatic carbocycles. The highest BCUT2D eigenvalue weighted by Crippen LogP contribution is 2.21. The molecule has 3 atom stereocenters. The van der Waals surface area contributed by atoms with Crippen molar-refractivity contribution in [2.24, 2.45) is 22.9 Å². The van der Waals surface area contributed by atoms with Gasteiger partial charge in [-0.05, 0) is 78.9 Å². The molecule has 1 saturated heterocycles. The summed E-state index contributed by atoms with van der Waals surface area (Å²) in [7, 11) is 0. The Balaban J connectivity index is 1.19. The lowest BCUT2D eigenvalue weighted by Gasteiger charge is -2.38. The molecular formula is C55H74N14O12S. The van der Waals surface area contributed by atoms with Gasteiger partial charge in [0.05, 0.1) is 43.4 Å². The number of carbonyl (C=O) groups is 9. The SMILES string of the molecule is NC(=O)CN1CCN(CC(N)=O)CCN(CC(N)=O)C(Cc2ccc(NC(=S)CNCc3ccc(C(=O)N(CCCC[C@@H](NC(=O)N[C@H](CCC(=O)O)C(=O)O)C(=O)O)Cc4nccc5ccccc45)cc3)cc2)CN(CC(N)=O)CC1. The van der Waals surface area contributed by atoms with Gasteiger partial charge in [0.2, 0.25) is 23.6 Å². The van der Waals surface area contributed by atoms with Gasteiger partial charge in [0.15, 0.2) is 0 Å². The van der Waals surface area contributed by atoms with Crippen molar-refractivity contribution in [1.82, 2.24) is 45.4 Å². The number of fused-ring (bicyclic) bond motifs is 1. The van der Waals surface area contributed by atoms with Crippen LogP contribution in [-0.2, 0) is 53.1 Å². The number of aromatic nitrogens is 1. The number of unbranched alkanes of at least 4 members (excludes halogenated alkanes) is 1. The molecule has 0 radical (unpaired) electrons. The summed E-state index contributed by atoms with van der Waals surface area (Å²) >= 11 is 5.68. The van der Waals surface area contributed by atoms with E-state index in [9.17, 15) is 53.4 Å². The molecule has 5 rings (SSSR count). The summed E-state index contributed by atoms with van der Waals surface area (Å²) in [6.45, 7) is 3.36. The number of anilines is 1. The minimum absolute atomic E-state index is 0.0268. The molecule has 2 heterocycles. The van der Waals surface area contributed by atoms with Crippen molar-refractivity contribution in [2.75, 3.05) is 90.4 Å². The van der Waals surface area contributed by atoms with Gasteiger partial charge >= 0.3 is 23.9 Å². The number of thiocarbonyl (C=S) groups is 1. The van der Waals surface area contributed by atoms with Gasteiger partial charge in [-0.3, -0.25) is 53.4 Å². The molecule has 1 aliphatic heterocycles. The Morgan fingerprint density at radius 3 is 1.82 bits per heavy atom. The van der Waals surface area contributed by atoms with E-state index in [0.29, 0.717) is 88.0 Å². The molecule has 1 aromatic heterocycles. The van der Waals surface area contributed by atoms with Crippen LogP contribution in [0, 0.1) is 0 Å². The minimum atomic E-state index is -1.55. The first kappa shape index (κ1) is 64.6. The topological polar surface area (TPSA) is 396 Å². The van der Waals surface area contributed by atoms with E-state index in [-0.39, 0.29) is 64.1 Å². The summed E-state index contributed by atoms with van der Waals surface area (Å²) in [6, 6.07) is 19.8. The van der Waals surface area contributed by atoms with E-state index >= 15 is 0 Å². The van der Waals surface area contributed by atoms with E-state index in [1.165, 1.54) is 0 Å². The third-order valence-electron chi connectivity index (χ3n) is 13.6. The molecule has 4 aromatic rings. The van der Waals surface area contributed by atoms with Crippen LogP contribution in [0.5, 0.6) is 0 Å². The number of hydrogen-bond acceptors (Lipinski definition) is 16. The average Bonchev–Trinajstić information content (AvgIpc) is 3.42. The van der Waals surface area contributed by atoms with Crippen LogP contribution in [0.15, 0.2) is 85.1 Å². The van der Waals surface area contributed by atoms with Crippen LogP contribution >= 0.6 is 12.2 Å². The lowest BCUT2D eigenvalue weighted by molar-refractivity contribution is -0.141. The predicted molar refractivity (Wildman–Crippen MR) is 308 cm³/mol. The number of primary amides is 4. The number of carboxylic acids is 3. The van der Waals surface area contributed by atoms with E-state index in [0.717, 1.165) is 27.6 Å². The number of rotatable bonds is 30. The predicted octanol–water partition coefficient (Wildman–Crippen LogP) is -0.279. The molecule has 1 unspecified atom stereocenters. The van der Waals surface area contributed by atoms with Crippen molar-refractivity contribution in [1.29, 1.82) is 0 Å². The number of carboxylic acid groups (broad SMARTS) is 3. The van der Waals surface area contributed by atoms with Gasteiger partial charge in [-0.25, -0.2) is 14.4 Å². The van der Waals surface area contributed by atoms with Crippen LogP contribution in [0.4, 0.5) is 10.5 Å². The molecule has 1 fully saturated rings. The first-order valence-electron chi connectivity index (χ1n) is 26.7. The Hall–Kier alpha value is -8.21. The monoisotopic (exact) mass is 1150 g/mol. The number of aliphatic carboxylic acids is 3. The van der Waals surface area contributed by atoms with Gasteiger partial charge < -0.3 is 64.4 Å². The molecule has 0 saturated carbocycles. The Labute approximate surface area is 479 Å². The molecule has 0 spiro atoms. The van der Waals surface area contributed by atoms with Gasteiger partial charge in [-0.1, -0.05) is 60.7 Å². The van der Waals surface area contributed by atoms with Gasteiger partial charge in [-0.2, -0.15) is 0 Å². The van der Waals surface area contributed by atoms with Crippen LogP contribution in [0.25, 0.3) is 10.8 Å². The second kappa shape index (κ2) is 32.9. The number of urea groups is 1. The van der Waals surface area contributed by atoms with Gasteiger partial charge in [-0.15, -0.1) is 0 Å². The Bertz CT molecular complexity index is 2860. The van der Waals surface area contributed by atoms with Crippen molar-refractivity contribution >= 4 is 87.1 Å². The number of nitrogens with zero attached hydrogens (tertiary/aromatic N) is 6. The number of amides is 7. The van der Waals surface area contributed by atoms with Crippen molar-refractivity contribution in [3.63, 3.8) is 0 Å². The first-order valence-corrected chi connectivity index (χ1v) is 27.1. The Kier molecular flexibility index (Phi) is 25.9. The van der Waals surface area contributed by atoms with Crippen LogP contribution in [0.3, 0.4) is 0 Å². The molecule has 26 nitrogen and oxygen atoms in total. The molecule has 7 amide bonds. The highest BCUT2D eigenvalue weighted by molar-refractivity contribution is 7.80. The molecule has 442 valence electrons. The van der Waals surface area contributed by atoms with E-state index in [4.69, 9.17) is 40.3 Å². The summed E-state index contributed by atoms with van der Waals surface area (Å²) in [6.07, 6.45) is 1.71. The molecule has 0 bridgehead atoms. The highest BCUT2D eigenvalue weighted by Gasteiger charge is 2.28. The maximum atomic E-state index is 14.2. The van der Waals surface area contributed by atoms with Crippen molar-refractivity contribution in [3.05, 3.63) is 107 Å². The Morgan fingerprint density at radius 1 is 0.659 bits per heavy atom. The minimum Gasteiger partial charge on any atom is -0.481 e. The maximum Gasteiger partial charge on any atom is 0.326 e. The normalized spacial score (nSPS) is 15.6. The molecule has 82 heavy (non-hydrogen) atoms. The summed E-state index contributed by atoms with van der Waals surface area (Å²) in [5.41, 5.74) is 26.1. The van der Waals surface area contributed by atoms with Crippen LogP contribution < -0.4 is 44.2 Å². The van der Waals surface area contributed by atoms with Gasteiger partial charge in [0.1, 0.15) is 12.1 Å². The highest BCUT2D eigenvalue weighted by atomic mass is 32.1. The maximum absolute atomic E-state index is 14.2. The third-order valence-corrected chi connectivity index (χ3v) is 13.8. The molecule has 1 aliphatic rings. The Morgan fingerprint density at radius 2 is 1.22 bits per heavy atom. The van der Waals surface area contributed by atoms with Crippen molar-refractivity contribution in [2.45, 2.75) is 69.7 Å². The fraction of sp³-hybridized carbons (Fsp3) is 0.436. The first-order chi connectivity index (χ1) is 39.1. The quantitative estimate of drug-likeness (QED) is 0.0236. The second-order valence-corrected chi connectivity index (χ2v) is 20.6. The second-order valence-electron chi connectivity index (χ2n) is 20.1. The van der Waals surface area contributed by atoms with E-state index < -0.39 is 72.5 Å². The molecular weight excluding hydrogens is 1080 g/mol. The number of hydrogen-bond donors (Lipinski definition) is 11. The zero-order valence-electron chi connectivity index (χ0n) is 45.6. The number of carbonyl (C=O) groups excluding carboxylic acids is 6. The van der Waals surface area contributed by atoms with Crippen molar-refractivity contribution in [3.8, 4) is 0 Å². The summed E-state index contributed by atoms with van der Waals surface area (Å²) in [5, 5.41) is 40.9.